The lowest BCUT2D eigenvalue weighted by atomic mass is 9.79. The predicted molar refractivity (Wildman–Crippen MR) is 125 cm³/mol. The molecule has 0 aromatic carbocycles. The third-order valence-corrected chi connectivity index (χ3v) is 7.75. The van der Waals surface area contributed by atoms with Gasteiger partial charge in [0.1, 0.15) is 18.0 Å². The molecule has 31 heavy (non-hydrogen) atoms. The summed E-state index contributed by atoms with van der Waals surface area (Å²) in [7, 11) is 4.31. The second kappa shape index (κ2) is 9.03. The standard InChI is InChI=1S/C25H46N2O4/c1-18(30-31-20-16-24(6,7)27(11)25(8,9)17-20)12-13-21(28)29-19-14-22(2,3)26(10)23(4,5)15-19/h19-20H,1,12-17H2,2-11H3. The van der Waals surface area contributed by atoms with E-state index in [-0.39, 0.29) is 46.8 Å². The first-order valence-corrected chi connectivity index (χ1v) is 11.6. The van der Waals surface area contributed by atoms with Crippen LogP contribution in [0.3, 0.4) is 0 Å². The summed E-state index contributed by atoms with van der Waals surface area (Å²) in [6, 6.07) is 0. The lowest BCUT2D eigenvalue weighted by Crippen LogP contribution is -2.60. The lowest BCUT2D eigenvalue weighted by molar-refractivity contribution is -0.314. The zero-order chi connectivity index (χ0) is 23.8. The number of hydrogen-bond donors (Lipinski definition) is 0. The molecule has 0 N–H and O–H groups in total. The van der Waals surface area contributed by atoms with Gasteiger partial charge in [0, 0.05) is 41.4 Å². The molecule has 6 heteroatoms. The molecule has 2 heterocycles. The van der Waals surface area contributed by atoms with Gasteiger partial charge in [0.25, 0.3) is 0 Å². The average Bonchev–Trinajstić information content (AvgIpc) is 2.59. The van der Waals surface area contributed by atoms with E-state index in [0.717, 1.165) is 25.7 Å². The molecular weight excluding hydrogens is 392 g/mol. The van der Waals surface area contributed by atoms with Crippen LogP contribution in [0.4, 0.5) is 0 Å². The molecule has 0 amide bonds. The Labute approximate surface area is 190 Å². The fourth-order valence-corrected chi connectivity index (χ4v) is 5.37. The predicted octanol–water partition coefficient (Wildman–Crippen LogP) is 5.07. The Morgan fingerprint density at radius 2 is 1.16 bits per heavy atom. The maximum absolute atomic E-state index is 12.5. The highest BCUT2D eigenvalue weighted by Gasteiger charge is 2.45. The van der Waals surface area contributed by atoms with Gasteiger partial charge in [0.05, 0.1) is 6.42 Å². The number of carbonyl (C=O) groups excluding carboxylic acids is 1. The van der Waals surface area contributed by atoms with Crippen LogP contribution in [-0.4, -0.2) is 64.2 Å². The molecule has 0 atom stereocenters. The summed E-state index contributed by atoms with van der Waals surface area (Å²) in [5, 5.41) is 0. The second-order valence-electron chi connectivity index (χ2n) is 12.1. The molecule has 2 fully saturated rings. The van der Waals surface area contributed by atoms with Gasteiger partial charge in [-0.2, -0.15) is 4.89 Å². The zero-order valence-corrected chi connectivity index (χ0v) is 21.6. The number of esters is 1. The molecule has 0 aliphatic carbocycles. The minimum absolute atomic E-state index is 0.00593. The minimum Gasteiger partial charge on any atom is -0.462 e. The first kappa shape index (κ1) is 26.1. The Bertz CT molecular complexity index is 632. The summed E-state index contributed by atoms with van der Waals surface area (Å²) < 4.78 is 5.81. The first-order chi connectivity index (χ1) is 14.0. The van der Waals surface area contributed by atoms with Crippen molar-refractivity contribution >= 4 is 5.97 Å². The summed E-state index contributed by atoms with van der Waals surface area (Å²) in [5.74, 6) is 0.267. The Kier molecular flexibility index (Phi) is 7.61. The molecule has 2 rings (SSSR count). The van der Waals surface area contributed by atoms with E-state index in [4.69, 9.17) is 14.5 Å². The van der Waals surface area contributed by atoms with E-state index >= 15 is 0 Å². The Hall–Kier alpha value is -1.11. The van der Waals surface area contributed by atoms with Crippen molar-refractivity contribution in [2.24, 2.45) is 0 Å². The van der Waals surface area contributed by atoms with Gasteiger partial charge >= 0.3 is 5.97 Å². The maximum atomic E-state index is 12.5. The molecule has 0 saturated carbocycles. The van der Waals surface area contributed by atoms with Gasteiger partial charge in [-0.15, -0.1) is 0 Å². The van der Waals surface area contributed by atoms with E-state index in [0.29, 0.717) is 12.2 Å². The van der Waals surface area contributed by atoms with Crippen LogP contribution < -0.4 is 0 Å². The second-order valence-corrected chi connectivity index (χ2v) is 12.1. The van der Waals surface area contributed by atoms with Crippen molar-refractivity contribution in [1.82, 2.24) is 9.80 Å². The van der Waals surface area contributed by atoms with E-state index in [1.54, 1.807) is 0 Å². The fraction of sp³-hybridized carbons (Fsp3) is 0.880. The Morgan fingerprint density at radius 3 is 1.58 bits per heavy atom. The molecule has 2 aliphatic rings. The van der Waals surface area contributed by atoms with Crippen molar-refractivity contribution in [2.45, 2.75) is 128 Å². The van der Waals surface area contributed by atoms with Crippen molar-refractivity contribution in [3.63, 3.8) is 0 Å². The molecule has 6 nitrogen and oxygen atoms in total. The van der Waals surface area contributed by atoms with Gasteiger partial charge in [0.2, 0.25) is 0 Å². The van der Waals surface area contributed by atoms with Crippen molar-refractivity contribution in [3.8, 4) is 0 Å². The lowest BCUT2D eigenvalue weighted by Gasteiger charge is -2.53. The van der Waals surface area contributed by atoms with Crippen LogP contribution in [0.15, 0.2) is 12.3 Å². The van der Waals surface area contributed by atoms with E-state index in [1.807, 2.05) is 0 Å². The normalized spacial score (nSPS) is 26.4. The number of piperidine rings is 2. The molecule has 0 radical (unpaired) electrons. The van der Waals surface area contributed by atoms with Crippen molar-refractivity contribution in [3.05, 3.63) is 12.3 Å². The summed E-state index contributed by atoms with van der Waals surface area (Å²) >= 11 is 0. The van der Waals surface area contributed by atoms with Crippen molar-refractivity contribution in [2.75, 3.05) is 14.1 Å². The van der Waals surface area contributed by atoms with Gasteiger partial charge in [0.15, 0.2) is 0 Å². The molecule has 2 saturated heterocycles. The molecular formula is C25H46N2O4. The number of ether oxygens (including phenoxy) is 1. The molecule has 0 unspecified atom stereocenters. The smallest absolute Gasteiger partial charge is 0.306 e. The van der Waals surface area contributed by atoms with Crippen LogP contribution in [0, 0.1) is 0 Å². The first-order valence-electron chi connectivity index (χ1n) is 11.6. The van der Waals surface area contributed by atoms with Crippen LogP contribution in [0.25, 0.3) is 0 Å². The average molecular weight is 439 g/mol. The van der Waals surface area contributed by atoms with Crippen LogP contribution in [0.1, 0.15) is 93.9 Å². The van der Waals surface area contributed by atoms with E-state index in [1.165, 1.54) is 0 Å². The third-order valence-electron chi connectivity index (χ3n) is 7.75. The largest absolute Gasteiger partial charge is 0.462 e. The highest BCUT2D eigenvalue weighted by molar-refractivity contribution is 5.69. The van der Waals surface area contributed by atoms with Crippen LogP contribution >= 0.6 is 0 Å². The summed E-state index contributed by atoms with van der Waals surface area (Å²) in [5.41, 5.74) is 0.0266. The highest BCUT2D eigenvalue weighted by atomic mass is 17.2. The van der Waals surface area contributed by atoms with E-state index in [9.17, 15) is 4.79 Å². The van der Waals surface area contributed by atoms with Crippen molar-refractivity contribution in [1.29, 1.82) is 0 Å². The number of carbonyl (C=O) groups is 1. The molecule has 180 valence electrons. The van der Waals surface area contributed by atoms with E-state index in [2.05, 4.69) is 85.9 Å². The van der Waals surface area contributed by atoms with Crippen molar-refractivity contribution < 1.29 is 19.3 Å². The third kappa shape index (κ3) is 6.45. The number of hydrogen-bond acceptors (Lipinski definition) is 6. The quantitative estimate of drug-likeness (QED) is 0.239. The highest BCUT2D eigenvalue weighted by Crippen LogP contribution is 2.39. The summed E-state index contributed by atoms with van der Waals surface area (Å²) in [4.78, 5) is 28.5. The van der Waals surface area contributed by atoms with Crippen LogP contribution in [-0.2, 0) is 19.3 Å². The van der Waals surface area contributed by atoms with Crippen LogP contribution in [0.2, 0.25) is 0 Å². The van der Waals surface area contributed by atoms with Gasteiger partial charge in [-0.1, -0.05) is 6.58 Å². The van der Waals surface area contributed by atoms with Gasteiger partial charge in [-0.05, 0) is 82.3 Å². The Morgan fingerprint density at radius 1 is 0.774 bits per heavy atom. The molecule has 0 aromatic heterocycles. The molecule has 0 spiro atoms. The number of rotatable bonds is 7. The summed E-state index contributed by atoms with van der Waals surface area (Å²) in [6.45, 7) is 21.6. The zero-order valence-electron chi connectivity index (χ0n) is 21.6. The maximum Gasteiger partial charge on any atom is 0.306 e. The number of allylic oxidation sites excluding steroid dienone is 1. The topological polar surface area (TPSA) is 51.2 Å². The van der Waals surface area contributed by atoms with Gasteiger partial charge < -0.3 is 9.62 Å². The summed E-state index contributed by atoms with van der Waals surface area (Å²) in [6.07, 6.45) is 4.00. The van der Waals surface area contributed by atoms with Gasteiger partial charge in [-0.3, -0.25) is 14.6 Å². The Balaban J connectivity index is 1.77. The SMILES string of the molecule is C=C(CCC(=O)OC1CC(C)(C)N(C)C(C)(C)C1)OOC1CC(C)(C)N(C)C(C)(C)C1. The number of likely N-dealkylation sites (tertiary alicyclic amines) is 2. The molecule has 2 aliphatic heterocycles. The van der Waals surface area contributed by atoms with E-state index < -0.39 is 0 Å². The minimum atomic E-state index is -0.201. The fourth-order valence-electron chi connectivity index (χ4n) is 5.37. The van der Waals surface area contributed by atoms with Gasteiger partial charge in [-0.25, -0.2) is 0 Å². The molecule has 0 bridgehead atoms. The van der Waals surface area contributed by atoms with Crippen LogP contribution in [0.5, 0.6) is 0 Å². The number of nitrogens with zero attached hydrogens (tertiary/aromatic N) is 2. The monoisotopic (exact) mass is 438 g/mol. The molecule has 0 aromatic rings.